The van der Waals surface area contributed by atoms with Gasteiger partial charge in [-0.2, -0.15) is 0 Å². The van der Waals surface area contributed by atoms with Crippen LogP contribution in [0.5, 0.6) is 0 Å². The van der Waals surface area contributed by atoms with E-state index in [0.29, 0.717) is 10.9 Å². The maximum atomic E-state index is 7.64. The molecule has 0 N–H and O–H groups in total. The van der Waals surface area contributed by atoms with E-state index in [4.69, 9.17) is 4.11 Å². The number of aryl methyl sites for hydroxylation is 1. The number of nitrogens with zero attached hydrogens (tertiary/aromatic N) is 1. The molecular weight excluding hydrogens is 262 g/mol. The van der Waals surface area contributed by atoms with E-state index in [-0.39, 0.29) is 5.69 Å². The molecule has 0 aliphatic carbocycles. The van der Waals surface area contributed by atoms with Crippen molar-refractivity contribution in [1.29, 1.82) is 0 Å². The highest BCUT2D eigenvalue weighted by atomic mass is 79.9. The van der Waals surface area contributed by atoms with Crippen LogP contribution in [0, 0.1) is 6.85 Å². The molecule has 0 aliphatic rings. The second kappa shape index (κ2) is 3.56. The number of benzene rings is 2. The maximum Gasteiger partial charge on any atom is 0.0722 e. The first-order valence-electron chi connectivity index (χ1n) is 6.45. The average Bonchev–Trinajstić information content (AvgIpc) is 2.36. The minimum absolute atomic E-state index is 0.161. The van der Waals surface area contributed by atoms with E-state index in [1.165, 1.54) is 0 Å². The van der Waals surface area contributed by atoms with Crippen molar-refractivity contribution >= 4 is 37.6 Å². The van der Waals surface area contributed by atoms with Crippen molar-refractivity contribution in [2.45, 2.75) is 6.85 Å². The lowest BCUT2D eigenvalue weighted by Gasteiger charge is -2.06. The Hall–Kier alpha value is -1.41. The Morgan fingerprint density at radius 1 is 1.06 bits per heavy atom. The molecule has 0 amide bonds. The molecule has 0 radical (unpaired) electrons. The number of hydrogen-bond acceptors (Lipinski definition) is 1. The average molecular weight is 275 g/mol. The monoisotopic (exact) mass is 274 g/mol. The van der Waals surface area contributed by atoms with E-state index in [0.717, 1.165) is 15.2 Å². The molecule has 3 rings (SSSR count). The normalized spacial score (nSPS) is 14.7. The molecule has 0 fully saturated rings. The quantitative estimate of drug-likeness (QED) is 0.552. The lowest BCUT2D eigenvalue weighted by atomic mass is 10.0. The largest absolute Gasteiger partial charge is 0.252 e. The zero-order chi connectivity index (χ0) is 13.6. The van der Waals surface area contributed by atoms with Crippen molar-refractivity contribution in [2.75, 3.05) is 0 Å². The summed E-state index contributed by atoms with van der Waals surface area (Å²) >= 11 is 3.39. The van der Waals surface area contributed by atoms with Crippen LogP contribution in [0.2, 0.25) is 0 Å². The van der Waals surface area contributed by atoms with Gasteiger partial charge in [0.05, 0.1) is 5.52 Å². The molecule has 0 unspecified atom stereocenters. The van der Waals surface area contributed by atoms with Crippen LogP contribution in [0.15, 0.2) is 46.9 Å². The fraction of sp³-hybridized carbons (Fsp3) is 0.0714. The van der Waals surface area contributed by atoms with E-state index in [9.17, 15) is 0 Å². The highest BCUT2D eigenvalue weighted by Crippen LogP contribution is 2.27. The van der Waals surface area contributed by atoms with Crippen LogP contribution in [-0.2, 0) is 0 Å². The van der Waals surface area contributed by atoms with E-state index in [2.05, 4.69) is 20.9 Å². The summed E-state index contributed by atoms with van der Waals surface area (Å²) in [7, 11) is 0. The summed E-state index contributed by atoms with van der Waals surface area (Å²) in [6, 6.07) is 13.2. The van der Waals surface area contributed by atoms with E-state index >= 15 is 0 Å². The highest BCUT2D eigenvalue weighted by molar-refractivity contribution is 9.10. The molecule has 78 valence electrons. The topological polar surface area (TPSA) is 12.9 Å². The summed E-state index contributed by atoms with van der Waals surface area (Å²) in [5, 5.41) is 2.58. The molecule has 0 spiro atoms. The van der Waals surface area contributed by atoms with Crippen LogP contribution in [0.4, 0.5) is 0 Å². The number of hydrogen-bond donors (Lipinski definition) is 0. The second-order valence-corrected chi connectivity index (χ2v) is 4.58. The van der Waals surface area contributed by atoms with E-state index in [1.54, 1.807) is 0 Å². The van der Waals surface area contributed by atoms with Crippen molar-refractivity contribution < 1.29 is 4.11 Å². The van der Waals surface area contributed by atoms with Crippen LogP contribution >= 0.6 is 15.9 Å². The Kier molecular flexibility index (Phi) is 1.56. The van der Waals surface area contributed by atoms with Gasteiger partial charge in [-0.15, -0.1) is 0 Å². The first-order valence-corrected chi connectivity index (χ1v) is 5.74. The molecule has 2 heteroatoms. The fourth-order valence-electron chi connectivity index (χ4n) is 1.93. The third-order valence-electron chi connectivity index (χ3n) is 2.66. The SMILES string of the molecule is [2H]C([2H])([2H])c1nc2cc(Br)ccc2c2ccccc12. The molecule has 2 aromatic carbocycles. The van der Waals surface area contributed by atoms with Gasteiger partial charge in [0.2, 0.25) is 0 Å². The summed E-state index contributed by atoms with van der Waals surface area (Å²) in [6.07, 6.45) is 0. The molecule has 16 heavy (non-hydrogen) atoms. The van der Waals surface area contributed by atoms with Gasteiger partial charge >= 0.3 is 0 Å². The molecule has 3 aromatic rings. The Morgan fingerprint density at radius 3 is 2.69 bits per heavy atom. The molecular formula is C14H10BrN. The zero-order valence-corrected chi connectivity index (χ0v) is 9.95. The number of aromatic nitrogens is 1. The molecule has 0 saturated heterocycles. The molecule has 0 bridgehead atoms. The summed E-state index contributed by atoms with van der Waals surface area (Å²) < 4.78 is 23.8. The zero-order valence-electron chi connectivity index (χ0n) is 11.4. The van der Waals surface area contributed by atoms with Gasteiger partial charge in [0.1, 0.15) is 0 Å². The minimum Gasteiger partial charge on any atom is -0.252 e. The summed E-state index contributed by atoms with van der Waals surface area (Å²) in [6.45, 7) is -2.21. The van der Waals surface area contributed by atoms with Gasteiger partial charge in [0.25, 0.3) is 0 Å². The summed E-state index contributed by atoms with van der Waals surface area (Å²) in [5.41, 5.74) is 0.855. The molecule has 1 aromatic heterocycles. The predicted octanol–water partition coefficient (Wildman–Crippen LogP) is 4.46. The Labute approximate surface area is 106 Å². The third kappa shape index (κ3) is 1.41. The second-order valence-electron chi connectivity index (χ2n) is 3.67. The van der Waals surface area contributed by atoms with Gasteiger partial charge in [-0.3, -0.25) is 4.98 Å². The minimum atomic E-state index is -2.21. The molecule has 0 saturated carbocycles. The lowest BCUT2D eigenvalue weighted by Crippen LogP contribution is -1.87. The van der Waals surface area contributed by atoms with Crippen molar-refractivity contribution in [3.05, 3.63) is 52.6 Å². The van der Waals surface area contributed by atoms with Gasteiger partial charge in [-0.1, -0.05) is 46.3 Å². The van der Waals surface area contributed by atoms with Gasteiger partial charge in [-0.25, -0.2) is 0 Å². The fourth-order valence-corrected chi connectivity index (χ4v) is 2.28. The molecule has 1 nitrogen and oxygen atoms in total. The first-order chi connectivity index (χ1) is 8.97. The molecule has 1 heterocycles. The van der Waals surface area contributed by atoms with Crippen LogP contribution in [-0.4, -0.2) is 4.98 Å². The van der Waals surface area contributed by atoms with Crippen LogP contribution in [0.3, 0.4) is 0 Å². The smallest absolute Gasteiger partial charge is 0.0722 e. The van der Waals surface area contributed by atoms with Crippen LogP contribution in [0.1, 0.15) is 9.81 Å². The van der Waals surface area contributed by atoms with E-state index < -0.39 is 6.85 Å². The van der Waals surface area contributed by atoms with Crippen LogP contribution in [0.25, 0.3) is 21.7 Å². The van der Waals surface area contributed by atoms with Crippen molar-refractivity contribution in [3.63, 3.8) is 0 Å². The standard InChI is InChI=1S/C14H10BrN/c1-9-11-4-2-3-5-12(11)13-7-6-10(15)8-14(13)16-9/h2-8H,1H3/i1D3. The summed E-state index contributed by atoms with van der Waals surface area (Å²) in [5.74, 6) is 0. The van der Waals surface area contributed by atoms with Crippen molar-refractivity contribution in [2.24, 2.45) is 0 Å². The number of halogens is 1. The molecule has 0 aliphatic heterocycles. The number of fused-ring (bicyclic) bond motifs is 3. The van der Waals surface area contributed by atoms with Crippen molar-refractivity contribution in [3.8, 4) is 0 Å². The lowest BCUT2D eigenvalue weighted by molar-refractivity contribution is 1.29. The Morgan fingerprint density at radius 2 is 1.88 bits per heavy atom. The Balaban J connectivity index is 2.54. The number of pyridine rings is 1. The van der Waals surface area contributed by atoms with E-state index in [1.807, 2.05) is 42.5 Å². The highest BCUT2D eigenvalue weighted by Gasteiger charge is 2.04. The third-order valence-corrected chi connectivity index (χ3v) is 3.16. The van der Waals surface area contributed by atoms with Crippen LogP contribution < -0.4 is 0 Å². The molecule has 0 atom stereocenters. The van der Waals surface area contributed by atoms with Crippen molar-refractivity contribution in [1.82, 2.24) is 4.98 Å². The van der Waals surface area contributed by atoms with Gasteiger partial charge in [-0.05, 0) is 24.4 Å². The summed E-state index contributed by atoms with van der Waals surface area (Å²) in [4.78, 5) is 4.34. The predicted molar refractivity (Wildman–Crippen MR) is 71.7 cm³/mol. The Bertz CT molecular complexity index is 781. The van der Waals surface area contributed by atoms with Gasteiger partial charge < -0.3 is 0 Å². The van der Waals surface area contributed by atoms with Gasteiger partial charge in [0, 0.05) is 25.1 Å². The maximum absolute atomic E-state index is 7.64. The number of rotatable bonds is 0. The first kappa shape index (κ1) is 7.02. The van der Waals surface area contributed by atoms with Gasteiger partial charge in [0.15, 0.2) is 0 Å².